The fraction of sp³-hybridized carbons (Fsp3) is 0.0500. The number of H-pyrrole nitrogens is 1. The zero-order valence-electron chi connectivity index (χ0n) is 14.1. The standard InChI is InChI=1S/C20H14BrClN4O/c21-17-7-8-18(19-16(17)2-1-9-23-19)25-20(27)14-5-3-13(4-6-14)11-26-12-15(22)10-24-26/h1-10,12H,11H2,(H,25,27)/p+1. The molecule has 1 amide bonds. The Morgan fingerprint density at radius 3 is 2.74 bits per heavy atom. The van der Waals surface area contributed by atoms with Gasteiger partial charge in [0.2, 0.25) is 5.52 Å². The fourth-order valence-corrected chi connectivity index (χ4v) is 3.48. The van der Waals surface area contributed by atoms with Crippen LogP contribution in [0.1, 0.15) is 15.9 Å². The van der Waals surface area contributed by atoms with E-state index in [9.17, 15) is 4.79 Å². The Hall–Kier alpha value is -2.70. The molecule has 0 bridgehead atoms. The quantitative estimate of drug-likeness (QED) is 0.503. The van der Waals surface area contributed by atoms with Crippen LogP contribution < -0.4 is 10.3 Å². The van der Waals surface area contributed by atoms with E-state index in [1.54, 1.807) is 29.2 Å². The summed E-state index contributed by atoms with van der Waals surface area (Å²) in [6.45, 7) is 0.598. The van der Waals surface area contributed by atoms with Gasteiger partial charge >= 0.3 is 0 Å². The summed E-state index contributed by atoms with van der Waals surface area (Å²) in [4.78, 5) is 15.8. The van der Waals surface area contributed by atoms with Gasteiger partial charge in [0.05, 0.1) is 23.2 Å². The lowest BCUT2D eigenvalue weighted by molar-refractivity contribution is -0.344. The van der Waals surface area contributed by atoms with Crippen molar-refractivity contribution in [2.75, 3.05) is 5.32 Å². The van der Waals surface area contributed by atoms with Crippen molar-refractivity contribution in [3.63, 3.8) is 0 Å². The number of hydrogen-bond donors (Lipinski definition) is 1. The van der Waals surface area contributed by atoms with E-state index in [4.69, 9.17) is 11.6 Å². The second kappa shape index (κ2) is 7.50. The molecule has 0 saturated heterocycles. The Bertz CT molecular complexity index is 1120. The van der Waals surface area contributed by atoms with Gasteiger partial charge in [-0.3, -0.25) is 9.48 Å². The van der Waals surface area contributed by atoms with Crippen molar-refractivity contribution in [3.8, 4) is 0 Å². The van der Waals surface area contributed by atoms with Gasteiger partial charge in [-0.25, -0.2) is 4.98 Å². The third-order valence-corrected chi connectivity index (χ3v) is 5.08. The normalized spacial score (nSPS) is 10.9. The minimum Gasteiger partial charge on any atom is -0.316 e. The number of aromatic amines is 1. The maximum absolute atomic E-state index is 12.6. The number of halogens is 2. The molecule has 0 aliphatic carbocycles. The average Bonchev–Trinajstić information content (AvgIpc) is 3.09. The molecular weight excluding hydrogens is 428 g/mol. The van der Waals surface area contributed by atoms with Crippen LogP contribution in [0.25, 0.3) is 10.9 Å². The molecule has 0 radical (unpaired) electrons. The van der Waals surface area contributed by atoms with Crippen LogP contribution in [0.4, 0.5) is 5.69 Å². The first-order chi connectivity index (χ1) is 13.1. The molecule has 7 heteroatoms. The molecule has 4 rings (SSSR count). The number of nitrogens with one attached hydrogen (secondary N) is 2. The fourth-order valence-electron chi connectivity index (χ4n) is 2.86. The molecule has 27 heavy (non-hydrogen) atoms. The van der Waals surface area contributed by atoms with E-state index in [1.165, 1.54) is 0 Å². The maximum Gasteiger partial charge on any atom is 0.255 e. The van der Waals surface area contributed by atoms with Crippen molar-refractivity contribution < 1.29 is 9.78 Å². The zero-order valence-corrected chi connectivity index (χ0v) is 16.5. The monoisotopic (exact) mass is 441 g/mol. The highest BCUT2D eigenvalue weighted by Crippen LogP contribution is 2.27. The summed E-state index contributed by atoms with van der Waals surface area (Å²) in [7, 11) is 0. The third-order valence-electron chi connectivity index (χ3n) is 4.19. The van der Waals surface area contributed by atoms with Crippen LogP contribution in [0.5, 0.6) is 0 Å². The molecule has 2 aromatic carbocycles. The van der Waals surface area contributed by atoms with E-state index in [0.717, 1.165) is 26.6 Å². The molecule has 4 aromatic rings. The number of aromatic nitrogens is 3. The summed E-state index contributed by atoms with van der Waals surface area (Å²) < 4.78 is 2.72. The van der Waals surface area contributed by atoms with Crippen molar-refractivity contribution in [1.82, 2.24) is 9.78 Å². The van der Waals surface area contributed by atoms with E-state index in [2.05, 4.69) is 31.3 Å². The SMILES string of the molecule is O=C(Nc1ccc(Br)c2ccc[nH+]c12)c1ccc(Cn2cc(Cl)cn2)cc1. The summed E-state index contributed by atoms with van der Waals surface area (Å²) in [6, 6.07) is 15.1. The predicted octanol–water partition coefficient (Wildman–Crippen LogP) is 4.57. The Balaban J connectivity index is 1.53. The predicted molar refractivity (Wildman–Crippen MR) is 109 cm³/mol. The van der Waals surface area contributed by atoms with Gasteiger partial charge in [-0.1, -0.05) is 23.7 Å². The molecule has 0 aliphatic rings. The van der Waals surface area contributed by atoms with Crippen LogP contribution >= 0.6 is 27.5 Å². The van der Waals surface area contributed by atoms with Gasteiger partial charge in [-0.15, -0.1) is 0 Å². The number of anilines is 1. The number of hydrogen-bond acceptors (Lipinski definition) is 2. The number of nitrogens with zero attached hydrogens (tertiary/aromatic N) is 2. The molecule has 5 nitrogen and oxygen atoms in total. The Kier molecular flexibility index (Phi) is 4.92. The number of fused-ring (bicyclic) bond motifs is 1. The van der Waals surface area contributed by atoms with Crippen LogP contribution in [0.15, 0.2) is 71.6 Å². The van der Waals surface area contributed by atoms with Crippen molar-refractivity contribution in [2.24, 2.45) is 0 Å². The van der Waals surface area contributed by atoms with Gasteiger partial charge in [0.15, 0.2) is 6.20 Å². The molecule has 0 aliphatic heterocycles. The topological polar surface area (TPSA) is 61.1 Å². The van der Waals surface area contributed by atoms with Gasteiger partial charge in [0.25, 0.3) is 5.91 Å². The van der Waals surface area contributed by atoms with E-state index in [0.29, 0.717) is 17.1 Å². The summed E-state index contributed by atoms with van der Waals surface area (Å²) in [5.41, 5.74) is 3.22. The van der Waals surface area contributed by atoms with Crippen LogP contribution in [-0.2, 0) is 6.54 Å². The molecule has 0 fully saturated rings. The largest absolute Gasteiger partial charge is 0.316 e. The summed E-state index contributed by atoms with van der Waals surface area (Å²) >= 11 is 9.41. The molecule has 0 spiro atoms. The van der Waals surface area contributed by atoms with Gasteiger partial charge in [0, 0.05) is 22.3 Å². The first-order valence-electron chi connectivity index (χ1n) is 8.27. The van der Waals surface area contributed by atoms with Crippen LogP contribution in [-0.4, -0.2) is 15.7 Å². The number of rotatable bonds is 4. The summed E-state index contributed by atoms with van der Waals surface area (Å²) in [5, 5.41) is 8.74. The molecule has 2 aromatic heterocycles. The zero-order chi connectivity index (χ0) is 18.8. The molecular formula is C20H15BrClN4O+. The molecule has 0 unspecified atom stereocenters. The van der Waals surface area contributed by atoms with Gasteiger partial charge in [-0.2, -0.15) is 5.10 Å². The Morgan fingerprint density at radius 1 is 1.19 bits per heavy atom. The van der Waals surface area contributed by atoms with Gasteiger partial charge < -0.3 is 5.32 Å². The van der Waals surface area contributed by atoms with Crippen LogP contribution in [0, 0.1) is 0 Å². The third kappa shape index (κ3) is 3.86. The first-order valence-corrected chi connectivity index (χ1v) is 9.44. The highest BCUT2D eigenvalue weighted by molar-refractivity contribution is 9.10. The van der Waals surface area contributed by atoms with E-state index < -0.39 is 0 Å². The summed E-state index contributed by atoms with van der Waals surface area (Å²) in [6.07, 6.45) is 5.20. The second-order valence-corrected chi connectivity index (χ2v) is 7.35. The van der Waals surface area contributed by atoms with Crippen molar-refractivity contribution in [1.29, 1.82) is 0 Å². The lowest BCUT2D eigenvalue weighted by atomic mass is 10.1. The Labute approximate surface area is 169 Å². The molecule has 134 valence electrons. The molecule has 2 N–H and O–H groups in total. The number of amides is 1. The number of pyridine rings is 1. The first kappa shape index (κ1) is 17.7. The lowest BCUT2D eigenvalue weighted by Gasteiger charge is -2.07. The summed E-state index contributed by atoms with van der Waals surface area (Å²) in [5.74, 6) is -0.162. The minimum absolute atomic E-state index is 0.162. The Morgan fingerprint density at radius 2 is 2.00 bits per heavy atom. The number of carbonyl (C=O) groups is 1. The van der Waals surface area contributed by atoms with E-state index in [-0.39, 0.29) is 5.91 Å². The lowest BCUT2D eigenvalue weighted by Crippen LogP contribution is -2.15. The molecule has 0 atom stereocenters. The van der Waals surface area contributed by atoms with Gasteiger partial charge in [0.1, 0.15) is 5.69 Å². The van der Waals surface area contributed by atoms with Gasteiger partial charge in [-0.05, 0) is 51.8 Å². The maximum atomic E-state index is 12.6. The highest BCUT2D eigenvalue weighted by Gasteiger charge is 2.14. The van der Waals surface area contributed by atoms with Crippen molar-refractivity contribution in [2.45, 2.75) is 6.54 Å². The highest BCUT2D eigenvalue weighted by atomic mass is 79.9. The van der Waals surface area contributed by atoms with E-state index >= 15 is 0 Å². The molecule has 0 saturated carbocycles. The minimum atomic E-state index is -0.162. The average molecular weight is 443 g/mol. The molecule has 2 heterocycles. The van der Waals surface area contributed by atoms with Crippen molar-refractivity contribution in [3.05, 3.63) is 87.7 Å². The van der Waals surface area contributed by atoms with Crippen LogP contribution in [0.2, 0.25) is 5.02 Å². The number of benzene rings is 2. The second-order valence-electron chi connectivity index (χ2n) is 6.06. The van der Waals surface area contributed by atoms with E-state index in [1.807, 2.05) is 42.6 Å². The smallest absolute Gasteiger partial charge is 0.255 e. The van der Waals surface area contributed by atoms with Crippen LogP contribution in [0.3, 0.4) is 0 Å². The van der Waals surface area contributed by atoms with Crippen molar-refractivity contribution >= 4 is 50.0 Å². The number of carbonyl (C=O) groups excluding carboxylic acids is 1.